The second-order valence-electron chi connectivity index (χ2n) is 9.00. The van der Waals surface area contributed by atoms with Crippen LogP contribution in [0.2, 0.25) is 0 Å². The Hall–Kier alpha value is -4.16. The van der Waals surface area contributed by atoms with E-state index >= 15 is 0 Å². The fourth-order valence-electron chi connectivity index (χ4n) is 3.90. The second kappa shape index (κ2) is 11.5. The van der Waals surface area contributed by atoms with Gasteiger partial charge in [-0.05, 0) is 43.2 Å². The Morgan fingerprint density at radius 3 is 2.35 bits per heavy atom. The molecule has 0 unspecified atom stereocenters. The highest BCUT2D eigenvalue weighted by molar-refractivity contribution is 7.89. The number of nitrogens with zero attached hydrogens (tertiary/aromatic N) is 5. The molecular formula is C25H25F3N6O5S. The lowest BCUT2D eigenvalue weighted by Crippen LogP contribution is -2.49. The minimum absolute atomic E-state index is 0.223. The molecule has 5 rings (SSSR count). The van der Waals surface area contributed by atoms with Crippen LogP contribution < -0.4 is 15.0 Å². The van der Waals surface area contributed by atoms with Gasteiger partial charge in [-0.3, -0.25) is 0 Å². The van der Waals surface area contributed by atoms with Crippen molar-refractivity contribution in [1.29, 1.82) is 5.26 Å². The minimum Gasteiger partial charge on any atom is -0.497 e. The van der Waals surface area contributed by atoms with Crippen molar-refractivity contribution in [3.8, 4) is 11.8 Å². The van der Waals surface area contributed by atoms with E-state index in [1.165, 1.54) is 11.4 Å². The molecule has 15 heteroatoms. The first kappa shape index (κ1) is 28.8. The van der Waals surface area contributed by atoms with Gasteiger partial charge in [0.1, 0.15) is 5.75 Å². The molecule has 1 saturated heterocycles. The molecule has 212 valence electrons. The number of halogens is 3. The van der Waals surface area contributed by atoms with Gasteiger partial charge in [-0.25, -0.2) is 23.2 Å². The van der Waals surface area contributed by atoms with E-state index in [1.807, 2.05) is 0 Å². The summed E-state index contributed by atoms with van der Waals surface area (Å²) in [6.07, 6.45) is -2.89. The van der Waals surface area contributed by atoms with Crippen LogP contribution in [-0.2, 0) is 14.8 Å². The summed E-state index contributed by atoms with van der Waals surface area (Å²) in [6, 6.07) is 14.3. The summed E-state index contributed by atoms with van der Waals surface area (Å²) in [6.45, 7) is 1.64. The number of benzene rings is 2. The second-order valence-corrected chi connectivity index (χ2v) is 10.9. The molecule has 2 aromatic carbocycles. The first-order chi connectivity index (χ1) is 18.9. The van der Waals surface area contributed by atoms with Crippen LogP contribution in [0.15, 0.2) is 47.4 Å². The van der Waals surface area contributed by atoms with Gasteiger partial charge < -0.3 is 20.1 Å². The highest BCUT2D eigenvalue weighted by Crippen LogP contribution is 2.32. The van der Waals surface area contributed by atoms with Crippen LogP contribution in [0.1, 0.15) is 18.4 Å². The van der Waals surface area contributed by atoms with Crippen LogP contribution in [-0.4, -0.2) is 79.3 Å². The average molecular weight is 579 g/mol. The molecule has 0 spiro atoms. The lowest BCUT2D eigenvalue weighted by atomic mass is 10.2. The van der Waals surface area contributed by atoms with Crippen LogP contribution in [0.25, 0.3) is 11.0 Å². The number of carboxylic acid groups (broad SMARTS) is 1. The molecule has 0 amide bonds. The quantitative estimate of drug-likeness (QED) is 0.447. The van der Waals surface area contributed by atoms with Crippen molar-refractivity contribution in [3.05, 3.63) is 48.0 Å². The van der Waals surface area contributed by atoms with E-state index in [4.69, 9.17) is 24.6 Å². The molecule has 2 aliphatic rings. The van der Waals surface area contributed by atoms with Gasteiger partial charge in [0.05, 0.1) is 34.7 Å². The van der Waals surface area contributed by atoms with Crippen LogP contribution >= 0.6 is 0 Å². The molecule has 1 saturated carbocycles. The van der Waals surface area contributed by atoms with E-state index in [1.54, 1.807) is 42.5 Å². The number of piperazine rings is 1. The van der Waals surface area contributed by atoms with Gasteiger partial charge in [-0.1, -0.05) is 6.07 Å². The van der Waals surface area contributed by atoms with Crippen molar-refractivity contribution >= 4 is 38.7 Å². The summed E-state index contributed by atoms with van der Waals surface area (Å²) < 4.78 is 64.7. The van der Waals surface area contributed by atoms with Crippen LogP contribution in [0, 0.1) is 11.3 Å². The molecule has 0 atom stereocenters. The summed E-state index contributed by atoms with van der Waals surface area (Å²) in [5.41, 5.74) is 1.90. The smallest absolute Gasteiger partial charge is 0.490 e. The number of rotatable bonds is 6. The Labute approximate surface area is 227 Å². The Balaban J connectivity index is 0.000000470. The highest BCUT2D eigenvalue weighted by atomic mass is 32.2. The zero-order valence-electron chi connectivity index (χ0n) is 21.2. The zero-order chi connectivity index (χ0) is 29.1. The predicted molar refractivity (Wildman–Crippen MR) is 139 cm³/mol. The van der Waals surface area contributed by atoms with E-state index in [0.29, 0.717) is 60.7 Å². The van der Waals surface area contributed by atoms with Crippen molar-refractivity contribution in [2.75, 3.05) is 43.5 Å². The number of sulfonamides is 1. The lowest BCUT2D eigenvalue weighted by Gasteiger charge is -2.35. The van der Waals surface area contributed by atoms with Gasteiger partial charge in [0.15, 0.2) is 11.6 Å². The molecule has 40 heavy (non-hydrogen) atoms. The third-order valence-corrected chi connectivity index (χ3v) is 8.05. The zero-order valence-corrected chi connectivity index (χ0v) is 22.0. The maximum Gasteiger partial charge on any atom is 0.490 e. The van der Waals surface area contributed by atoms with Gasteiger partial charge >= 0.3 is 12.1 Å². The van der Waals surface area contributed by atoms with E-state index in [-0.39, 0.29) is 4.90 Å². The molecule has 2 fully saturated rings. The Morgan fingerprint density at radius 1 is 1.10 bits per heavy atom. The number of hydrogen-bond donors (Lipinski definition) is 2. The van der Waals surface area contributed by atoms with Gasteiger partial charge in [-0.2, -0.15) is 22.7 Å². The molecule has 2 N–H and O–H groups in total. The maximum atomic E-state index is 13.1. The molecule has 0 bridgehead atoms. The number of anilines is 2. The Morgan fingerprint density at radius 2 is 1.77 bits per heavy atom. The third-order valence-electron chi connectivity index (χ3n) is 6.15. The summed E-state index contributed by atoms with van der Waals surface area (Å²) in [4.78, 5) is 20.8. The number of carboxylic acids is 1. The van der Waals surface area contributed by atoms with E-state index in [0.717, 1.165) is 18.4 Å². The summed E-state index contributed by atoms with van der Waals surface area (Å²) in [5.74, 6) is -0.845. The molecule has 2 heterocycles. The van der Waals surface area contributed by atoms with Crippen LogP contribution in [0.4, 0.5) is 24.8 Å². The highest BCUT2D eigenvalue weighted by Gasteiger charge is 2.38. The van der Waals surface area contributed by atoms with Crippen molar-refractivity contribution in [3.63, 3.8) is 0 Å². The van der Waals surface area contributed by atoms with E-state index in [2.05, 4.69) is 16.3 Å². The molecule has 11 nitrogen and oxygen atoms in total. The van der Waals surface area contributed by atoms with Crippen molar-refractivity contribution in [2.45, 2.75) is 30.0 Å². The summed E-state index contributed by atoms with van der Waals surface area (Å²) in [7, 11) is -2.11. The average Bonchev–Trinajstić information content (AvgIpc) is 3.76. The molecular weight excluding hydrogens is 553 g/mol. The fraction of sp³-hybridized carbons (Fsp3) is 0.360. The number of ether oxygens (including phenoxy) is 1. The third kappa shape index (κ3) is 6.69. The summed E-state index contributed by atoms with van der Waals surface area (Å²) in [5, 5.41) is 19.8. The van der Waals surface area contributed by atoms with Gasteiger partial charge in [-0.15, -0.1) is 0 Å². The normalized spacial score (nSPS) is 16.0. The Bertz CT molecular complexity index is 1550. The lowest BCUT2D eigenvalue weighted by molar-refractivity contribution is -0.192. The standard InChI is InChI=1S/C23H24N6O3S.C2HF3O2/c1-32-18-3-2-4-19(14-18)33(30,31)29-11-9-28(10-12-29)23-22(25-17-6-7-17)26-20-8-5-16(15-24)13-21(20)27-23;3-2(4,5)1(6)7/h2-5,8,13-14,17H,6-7,9-12H2,1H3,(H,25,26);(H,6,7). The molecule has 1 aliphatic carbocycles. The molecule has 1 aromatic heterocycles. The van der Waals surface area contributed by atoms with Gasteiger partial charge in [0, 0.05) is 38.3 Å². The number of hydrogen-bond acceptors (Lipinski definition) is 9. The monoisotopic (exact) mass is 578 g/mol. The number of carbonyl (C=O) groups is 1. The van der Waals surface area contributed by atoms with Gasteiger partial charge in [0.25, 0.3) is 0 Å². The fourth-order valence-corrected chi connectivity index (χ4v) is 5.36. The van der Waals surface area contributed by atoms with Crippen molar-refractivity contribution < 1.29 is 36.2 Å². The number of alkyl halides is 3. The molecule has 0 radical (unpaired) electrons. The van der Waals surface area contributed by atoms with E-state index < -0.39 is 22.2 Å². The van der Waals surface area contributed by atoms with Crippen LogP contribution in [0.5, 0.6) is 5.75 Å². The van der Waals surface area contributed by atoms with Gasteiger partial charge in [0.2, 0.25) is 10.0 Å². The Kier molecular flexibility index (Phi) is 8.31. The molecule has 3 aromatic rings. The maximum absolute atomic E-state index is 13.1. The summed E-state index contributed by atoms with van der Waals surface area (Å²) >= 11 is 0. The number of methoxy groups -OCH3 is 1. The van der Waals surface area contributed by atoms with Crippen molar-refractivity contribution in [2.24, 2.45) is 0 Å². The minimum atomic E-state index is -5.08. The van der Waals surface area contributed by atoms with Crippen molar-refractivity contribution in [1.82, 2.24) is 14.3 Å². The van der Waals surface area contributed by atoms with Crippen LogP contribution in [0.3, 0.4) is 0 Å². The number of aliphatic carboxylic acids is 1. The van der Waals surface area contributed by atoms with E-state index in [9.17, 15) is 26.9 Å². The first-order valence-electron chi connectivity index (χ1n) is 12.1. The SMILES string of the molecule is COc1cccc(S(=O)(=O)N2CCN(c3nc4cc(C#N)ccc4nc3NC3CC3)CC2)c1.O=C(O)C(F)(F)F. The number of fused-ring (bicyclic) bond motifs is 1. The first-order valence-corrected chi connectivity index (χ1v) is 13.5. The molecule has 1 aliphatic heterocycles. The largest absolute Gasteiger partial charge is 0.497 e. The topological polar surface area (TPSA) is 149 Å². The predicted octanol–water partition coefficient (Wildman–Crippen LogP) is 3.23. The number of nitriles is 1. The number of aromatic nitrogens is 2. The number of nitrogens with one attached hydrogen (secondary N) is 1.